The second-order valence-electron chi connectivity index (χ2n) is 11.2. The molecule has 3 aromatic rings. The quantitative estimate of drug-likeness (QED) is 0.366. The third-order valence-electron chi connectivity index (χ3n) is 8.42. The van der Waals surface area contributed by atoms with Crippen molar-refractivity contribution in [2.45, 2.75) is 76.4 Å². The molecular weight excluding hydrogens is 458 g/mol. The van der Waals surface area contributed by atoms with E-state index >= 15 is 0 Å². The monoisotopic (exact) mass is 499 g/mol. The Kier molecular flexibility index (Phi) is 8.04. The van der Waals surface area contributed by atoms with Crippen molar-refractivity contribution < 1.29 is 4.79 Å². The number of ketones is 1. The summed E-state index contributed by atoms with van der Waals surface area (Å²) in [4.78, 5) is 25.0. The Labute approximate surface area is 221 Å². The topological polar surface area (TPSA) is 70.2 Å². The summed E-state index contributed by atoms with van der Waals surface area (Å²) in [6, 6.07) is 19.3. The average molecular weight is 500 g/mol. The standard InChI is InChI=1S/C31H41N5O/c1-21(25-13-7-8-14-26(25)29(37)22-11-5-4-6-12-22)32-23-17-19-24(20-18-23)33-31-34-28-16-10-9-15-27(28)30(35-31)36(2)3/h4-6,9-12,15-16,21,23-26,32H,7-8,13-14,17-20H2,1-3H3,(H,33,34,35)/t21?,23?,24?,25-,26+/m0/s1. The molecule has 0 spiro atoms. The van der Waals surface area contributed by atoms with Gasteiger partial charge in [0.2, 0.25) is 5.95 Å². The third-order valence-corrected chi connectivity index (χ3v) is 8.42. The first-order valence-electron chi connectivity index (χ1n) is 14.1. The van der Waals surface area contributed by atoms with Gasteiger partial charge in [-0.2, -0.15) is 4.98 Å². The number of Topliss-reactive ketones (excluding diaryl/α,β-unsaturated/α-hetero) is 1. The van der Waals surface area contributed by atoms with Gasteiger partial charge < -0.3 is 15.5 Å². The highest BCUT2D eigenvalue weighted by Gasteiger charge is 2.36. The molecule has 1 heterocycles. The van der Waals surface area contributed by atoms with Gasteiger partial charge in [0.05, 0.1) is 5.52 Å². The van der Waals surface area contributed by atoms with Crippen molar-refractivity contribution in [1.29, 1.82) is 0 Å². The number of rotatable bonds is 8. The van der Waals surface area contributed by atoms with Crippen molar-refractivity contribution in [3.05, 3.63) is 60.2 Å². The number of aromatic nitrogens is 2. The molecule has 1 aromatic heterocycles. The molecular formula is C31H41N5O. The highest BCUT2D eigenvalue weighted by Crippen LogP contribution is 2.35. The zero-order valence-corrected chi connectivity index (χ0v) is 22.5. The molecule has 2 saturated carbocycles. The largest absolute Gasteiger partial charge is 0.362 e. The minimum Gasteiger partial charge on any atom is -0.362 e. The molecule has 2 aliphatic carbocycles. The molecule has 2 N–H and O–H groups in total. The maximum Gasteiger partial charge on any atom is 0.225 e. The van der Waals surface area contributed by atoms with Gasteiger partial charge in [0.25, 0.3) is 0 Å². The van der Waals surface area contributed by atoms with Crippen molar-refractivity contribution in [3.8, 4) is 0 Å². The van der Waals surface area contributed by atoms with Gasteiger partial charge in [-0.1, -0.05) is 55.3 Å². The van der Waals surface area contributed by atoms with Gasteiger partial charge >= 0.3 is 0 Å². The lowest BCUT2D eigenvalue weighted by molar-refractivity contribution is 0.0779. The Bertz CT molecular complexity index is 1190. The van der Waals surface area contributed by atoms with E-state index in [1.807, 2.05) is 56.6 Å². The predicted molar refractivity (Wildman–Crippen MR) is 152 cm³/mol. The first-order valence-corrected chi connectivity index (χ1v) is 14.1. The highest BCUT2D eigenvalue weighted by molar-refractivity contribution is 5.98. The van der Waals surface area contributed by atoms with Gasteiger partial charge in [-0.3, -0.25) is 4.79 Å². The van der Waals surface area contributed by atoms with Gasteiger partial charge in [-0.15, -0.1) is 0 Å². The Morgan fingerprint density at radius 1 is 0.865 bits per heavy atom. The van der Waals surface area contributed by atoms with E-state index in [2.05, 4.69) is 34.6 Å². The highest BCUT2D eigenvalue weighted by atomic mass is 16.1. The number of benzene rings is 2. The molecule has 0 aliphatic heterocycles. The van der Waals surface area contributed by atoms with E-state index in [0.717, 1.165) is 73.2 Å². The molecule has 6 heteroatoms. The van der Waals surface area contributed by atoms with E-state index in [4.69, 9.17) is 9.97 Å². The van der Waals surface area contributed by atoms with Gasteiger partial charge in [0.1, 0.15) is 5.82 Å². The first-order chi connectivity index (χ1) is 18.0. The summed E-state index contributed by atoms with van der Waals surface area (Å²) in [7, 11) is 4.06. The minimum atomic E-state index is 0.132. The summed E-state index contributed by atoms with van der Waals surface area (Å²) in [5.41, 5.74) is 1.84. The van der Waals surface area contributed by atoms with Crippen LogP contribution in [0.25, 0.3) is 10.9 Å². The first kappa shape index (κ1) is 25.7. The third kappa shape index (κ3) is 5.96. The predicted octanol–water partition coefficient (Wildman–Crippen LogP) is 6.09. The lowest BCUT2D eigenvalue weighted by Crippen LogP contribution is -2.47. The molecule has 0 saturated heterocycles. The van der Waals surface area contributed by atoms with Gasteiger partial charge in [-0.05, 0) is 63.5 Å². The number of carbonyl (C=O) groups is 1. The van der Waals surface area contributed by atoms with E-state index < -0.39 is 0 Å². The Morgan fingerprint density at radius 2 is 1.54 bits per heavy atom. The van der Waals surface area contributed by atoms with Crippen molar-refractivity contribution in [1.82, 2.24) is 15.3 Å². The van der Waals surface area contributed by atoms with Crippen LogP contribution in [0.4, 0.5) is 11.8 Å². The number of nitrogens with one attached hydrogen (secondary N) is 2. The fourth-order valence-electron chi connectivity index (χ4n) is 6.45. The molecule has 5 rings (SSSR count). The number of hydrogen-bond donors (Lipinski definition) is 2. The fraction of sp³-hybridized carbons (Fsp3) is 0.516. The van der Waals surface area contributed by atoms with Crippen LogP contribution in [0, 0.1) is 11.8 Å². The van der Waals surface area contributed by atoms with E-state index in [1.165, 1.54) is 6.42 Å². The van der Waals surface area contributed by atoms with Gasteiger partial charge in [0, 0.05) is 49.1 Å². The molecule has 2 fully saturated rings. The van der Waals surface area contributed by atoms with Crippen LogP contribution >= 0.6 is 0 Å². The van der Waals surface area contributed by atoms with Crippen LogP contribution in [0.1, 0.15) is 68.6 Å². The van der Waals surface area contributed by atoms with Crippen LogP contribution in [0.15, 0.2) is 54.6 Å². The average Bonchev–Trinajstić information content (AvgIpc) is 2.93. The zero-order valence-electron chi connectivity index (χ0n) is 22.5. The second-order valence-corrected chi connectivity index (χ2v) is 11.2. The van der Waals surface area contributed by atoms with Crippen LogP contribution < -0.4 is 15.5 Å². The maximum atomic E-state index is 13.3. The zero-order chi connectivity index (χ0) is 25.8. The smallest absolute Gasteiger partial charge is 0.225 e. The second kappa shape index (κ2) is 11.6. The number of anilines is 2. The summed E-state index contributed by atoms with van der Waals surface area (Å²) in [5.74, 6) is 2.54. The number of carbonyl (C=O) groups excluding carboxylic acids is 1. The Hall–Kier alpha value is -2.99. The molecule has 2 aliphatic rings. The van der Waals surface area contributed by atoms with E-state index in [9.17, 15) is 4.79 Å². The summed E-state index contributed by atoms with van der Waals surface area (Å²) in [6.07, 6.45) is 8.98. The maximum absolute atomic E-state index is 13.3. The molecule has 6 nitrogen and oxygen atoms in total. The minimum absolute atomic E-state index is 0.132. The van der Waals surface area contributed by atoms with E-state index in [-0.39, 0.29) is 5.92 Å². The van der Waals surface area contributed by atoms with Crippen LogP contribution in [-0.2, 0) is 0 Å². The van der Waals surface area contributed by atoms with Crippen LogP contribution in [0.3, 0.4) is 0 Å². The summed E-state index contributed by atoms with van der Waals surface area (Å²) in [6.45, 7) is 2.30. The number of hydrogen-bond acceptors (Lipinski definition) is 6. The number of fused-ring (bicyclic) bond motifs is 1. The van der Waals surface area contributed by atoms with E-state index in [1.54, 1.807) is 0 Å². The van der Waals surface area contributed by atoms with Crippen LogP contribution in [0.2, 0.25) is 0 Å². The van der Waals surface area contributed by atoms with Crippen molar-refractivity contribution in [2.75, 3.05) is 24.3 Å². The SMILES string of the molecule is CC(NC1CCC(Nc2nc(N(C)C)c3ccccc3n2)CC1)[C@@H]1CCCC[C@H]1C(=O)c1ccccc1. The van der Waals surface area contributed by atoms with Gasteiger partial charge in [0.15, 0.2) is 5.78 Å². The molecule has 37 heavy (non-hydrogen) atoms. The van der Waals surface area contributed by atoms with Crippen LogP contribution in [-0.4, -0.2) is 48.0 Å². The number of nitrogens with zero attached hydrogens (tertiary/aromatic N) is 3. The van der Waals surface area contributed by atoms with Crippen LogP contribution in [0.5, 0.6) is 0 Å². The lowest BCUT2D eigenvalue weighted by Gasteiger charge is -2.38. The van der Waals surface area contributed by atoms with Crippen molar-refractivity contribution in [3.63, 3.8) is 0 Å². The molecule has 3 atom stereocenters. The Morgan fingerprint density at radius 3 is 2.30 bits per heavy atom. The molecule has 1 unspecified atom stereocenters. The fourth-order valence-corrected chi connectivity index (χ4v) is 6.45. The summed E-state index contributed by atoms with van der Waals surface area (Å²) < 4.78 is 0. The normalized spacial score (nSPS) is 24.9. The van der Waals surface area contributed by atoms with E-state index in [0.29, 0.717) is 29.8 Å². The van der Waals surface area contributed by atoms with Gasteiger partial charge in [-0.25, -0.2) is 4.98 Å². The van der Waals surface area contributed by atoms with Crippen molar-refractivity contribution in [2.24, 2.45) is 11.8 Å². The Balaban J connectivity index is 1.17. The summed E-state index contributed by atoms with van der Waals surface area (Å²) in [5, 5.41) is 8.64. The van der Waals surface area contributed by atoms with Crippen molar-refractivity contribution >= 4 is 28.5 Å². The summed E-state index contributed by atoms with van der Waals surface area (Å²) >= 11 is 0. The molecule has 0 bridgehead atoms. The number of para-hydroxylation sites is 1. The molecule has 0 radical (unpaired) electrons. The molecule has 196 valence electrons. The molecule has 2 aromatic carbocycles. The molecule has 0 amide bonds. The lowest BCUT2D eigenvalue weighted by atomic mass is 9.72.